The molecule has 1 aromatic rings. The van der Waals surface area contributed by atoms with Crippen LogP contribution in [-0.4, -0.2) is 42.2 Å². The van der Waals surface area contributed by atoms with Crippen molar-refractivity contribution in [1.82, 2.24) is 4.98 Å². The SMILES string of the molecule is [Cl][Mn][Cl].[HH].[HH].[HH].[HH].c1cc2nc(c1)C[N-][C@@H]1CCCC[C@H]1[N-]CC[N-][C@@H]1CCCC[C@H]1[N-]C2. The van der Waals surface area contributed by atoms with Crippen molar-refractivity contribution in [3.05, 3.63) is 50.9 Å². The van der Waals surface area contributed by atoms with Gasteiger partial charge in [-0.05, 0) is 12.1 Å². The Morgan fingerprint density at radius 1 is 0.724 bits per heavy atom. The zero-order valence-electron chi connectivity index (χ0n) is 16.9. The average molecular weight is 487 g/mol. The van der Waals surface area contributed by atoms with Crippen LogP contribution in [-0.2, 0) is 26.2 Å². The first kappa shape index (κ1) is 23.7. The van der Waals surface area contributed by atoms with Crippen LogP contribution in [0.25, 0.3) is 21.3 Å². The molecule has 5 nitrogen and oxygen atoms in total. The van der Waals surface area contributed by atoms with Gasteiger partial charge >= 0.3 is 33.3 Å². The first-order valence-electron chi connectivity index (χ1n) is 10.8. The van der Waals surface area contributed by atoms with Gasteiger partial charge in [0, 0.05) is 17.1 Å². The molecule has 29 heavy (non-hydrogen) atoms. The molecule has 1 aliphatic heterocycles. The number of pyridine rings is 1. The van der Waals surface area contributed by atoms with Gasteiger partial charge in [-0.3, -0.25) is 4.98 Å². The fraction of sp³-hybridized carbons (Fsp3) is 0.762. The predicted octanol–water partition coefficient (Wildman–Crippen LogP) is 7.57. The van der Waals surface area contributed by atoms with Crippen LogP contribution in [0, 0.1) is 0 Å². The maximum absolute atomic E-state index is 4.99. The van der Waals surface area contributed by atoms with Gasteiger partial charge in [0.2, 0.25) is 0 Å². The van der Waals surface area contributed by atoms with E-state index in [1.807, 2.05) is 0 Å². The molecule has 3 aliphatic rings. The van der Waals surface area contributed by atoms with E-state index in [2.05, 4.69) is 18.2 Å². The predicted molar refractivity (Wildman–Crippen MR) is 127 cm³/mol. The van der Waals surface area contributed by atoms with Crippen LogP contribution in [0.1, 0.15) is 68.5 Å². The number of nitrogens with zero attached hydrogens (tertiary/aromatic N) is 5. The van der Waals surface area contributed by atoms with Crippen molar-refractivity contribution in [2.75, 3.05) is 13.1 Å². The van der Waals surface area contributed by atoms with Crippen molar-refractivity contribution in [3.63, 3.8) is 0 Å². The van der Waals surface area contributed by atoms with E-state index in [0.29, 0.717) is 37.3 Å². The third-order valence-electron chi connectivity index (χ3n) is 6.06. The third-order valence-corrected chi connectivity index (χ3v) is 6.06. The normalized spacial score (nSPS) is 31.1. The molecule has 0 saturated heterocycles. The van der Waals surface area contributed by atoms with Crippen LogP contribution < -0.4 is 0 Å². The Kier molecular flexibility index (Phi) is 11.0. The smallest absolute Gasteiger partial charge is 0.0201 e. The summed E-state index contributed by atoms with van der Waals surface area (Å²) in [6.45, 7) is 3.12. The van der Waals surface area contributed by atoms with Crippen LogP contribution in [0.4, 0.5) is 0 Å². The number of hydrogen-bond acceptors (Lipinski definition) is 1. The van der Waals surface area contributed by atoms with E-state index in [1.165, 1.54) is 51.4 Å². The second-order valence-corrected chi connectivity index (χ2v) is 9.96. The Morgan fingerprint density at radius 2 is 1.10 bits per heavy atom. The fourth-order valence-electron chi connectivity index (χ4n) is 4.61. The third kappa shape index (κ3) is 7.93. The molecule has 4 rings (SSSR count). The van der Waals surface area contributed by atoms with E-state index in [1.54, 1.807) is 0 Å². The van der Waals surface area contributed by atoms with Crippen molar-refractivity contribution in [2.45, 2.75) is 88.6 Å². The molecule has 0 aromatic carbocycles. The molecular weight excluding hydrogens is 448 g/mol. The second-order valence-electron chi connectivity index (χ2n) is 8.01. The minimum atomic E-state index is 0. The van der Waals surface area contributed by atoms with Crippen LogP contribution in [0.15, 0.2) is 18.2 Å². The van der Waals surface area contributed by atoms with Crippen LogP contribution >= 0.6 is 20.2 Å². The van der Waals surface area contributed by atoms with E-state index in [9.17, 15) is 0 Å². The van der Waals surface area contributed by atoms with E-state index >= 15 is 0 Å². The summed E-state index contributed by atoms with van der Waals surface area (Å²) in [4.78, 5) is 4.81. The van der Waals surface area contributed by atoms with E-state index < -0.39 is 0 Å². The summed E-state index contributed by atoms with van der Waals surface area (Å²) in [7, 11) is 9.59. The summed E-state index contributed by atoms with van der Waals surface area (Å²) in [6, 6.07) is 7.81. The summed E-state index contributed by atoms with van der Waals surface area (Å²) in [6.07, 6.45) is 9.84. The summed E-state index contributed by atoms with van der Waals surface area (Å²) < 4.78 is 0. The van der Waals surface area contributed by atoms with Gasteiger partial charge in [0.05, 0.1) is 0 Å². The van der Waals surface area contributed by atoms with Gasteiger partial charge in [-0.2, -0.15) is 37.3 Å². The molecule has 1 aromatic heterocycles. The standard InChI is InChI=1S/C21H31N5.2ClH.Mn.4H2/c1-3-10-20-18(8-1)22-12-13-23-19-9-2-4-11-21(19)25-15-17-7-5-6-16(26-17)14-24-20;;;;;;;/h5-7,18-21H,1-4,8-15H2;2*1H;;4*1H/q-4;;;+2;;;;/p-2/t18-,19-,20-,21-;;;;;;;/m1......./s1. The van der Waals surface area contributed by atoms with Crippen LogP contribution in [0.3, 0.4) is 0 Å². The summed E-state index contributed by atoms with van der Waals surface area (Å²) >= 11 is 0.00694. The van der Waals surface area contributed by atoms with Gasteiger partial charge in [0.25, 0.3) is 0 Å². The summed E-state index contributed by atoms with van der Waals surface area (Å²) in [5, 5.41) is 19.9. The van der Waals surface area contributed by atoms with E-state index in [4.69, 9.17) is 46.4 Å². The van der Waals surface area contributed by atoms with Crippen molar-refractivity contribution in [3.8, 4) is 0 Å². The van der Waals surface area contributed by atoms with Crippen LogP contribution in [0.5, 0.6) is 0 Å². The number of rotatable bonds is 0. The molecule has 2 aliphatic carbocycles. The fourth-order valence-corrected chi connectivity index (χ4v) is 4.61. The molecule has 0 amide bonds. The first-order valence-corrected chi connectivity index (χ1v) is 14.0. The zero-order valence-corrected chi connectivity index (χ0v) is 19.6. The molecule has 2 fully saturated rings. The molecule has 2 bridgehead atoms. The quantitative estimate of drug-likeness (QED) is 0.348. The molecular formula is C21H39Cl2MnN5-4. The van der Waals surface area contributed by atoms with Crippen molar-refractivity contribution in [1.29, 1.82) is 0 Å². The molecule has 0 N–H and O–H groups in total. The average Bonchev–Trinajstić information content (AvgIpc) is 2.76. The van der Waals surface area contributed by atoms with Crippen LogP contribution in [0.2, 0.25) is 0 Å². The van der Waals surface area contributed by atoms with E-state index in [-0.39, 0.29) is 18.8 Å². The Balaban J connectivity index is 0. The van der Waals surface area contributed by atoms with Gasteiger partial charge in [-0.15, -0.1) is 13.1 Å². The largest absolute Gasteiger partial charge is 0.662 e. The van der Waals surface area contributed by atoms with Gasteiger partial charge in [0.1, 0.15) is 0 Å². The maximum Gasteiger partial charge on any atom is 0.0201 e. The van der Waals surface area contributed by atoms with Gasteiger partial charge in [0.15, 0.2) is 0 Å². The second kappa shape index (κ2) is 13.5. The molecule has 0 radical (unpaired) electrons. The Morgan fingerprint density at radius 3 is 1.52 bits per heavy atom. The molecule has 173 valence electrons. The van der Waals surface area contributed by atoms with Gasteiger partial charge in [-0.1, -0.05) is 57.4 Å². The monoisotopic (exact) mass is 486 g/mol. The number of aromatic nitrogens is 1. The minimum Gasteiger partial charge on any atom is -0.662 e. The van der Waals surface area contributed by atoms with Crippen molar-refractivity contribution >= 4 is 20.2 Å². The number of hydrogen-bond donors (Lipinski definition) is 0. The Labute approximate surface area is 196 Å². The van der Waals surface area contributed by atoms with E-state index in [0.717, 1.165) is 24.5 Å². The zero-order chi connectivity index (χ0) is 20.3. The topological polar surface area (TPSA) is 69.3 Å². The number of fused-ring (bicyclic) bond motifs is 4. The number of halogens is 2. The molecule has 0 unspecified atom stereocenters. The van der Waals surface area contributed by atoms with Gasteiger partial charge < -0.3 is 21.3 Å². The maximum atomic E-state index is 4.99. The van der Waals surface area contributed by atoms with Crippen molar-refractivity contribution in [2.24, 2.45) is 0 Å². The van der Waals surface area contributed by atoms with Crippen molar-refractivity contribution < 1.29 is 18.8 Å². The van der Waals surface area contributed by atoms with Gasteiger partial charge in [-0.25, -0.2) is 0 Å². The molecule has 0 spiro atoms. The Hall–Kier alpha value is 0.0895. The summed E-state index contributed by atoms with van der Waals surface area (Å²) in [5.41, 5.74) is 2.14. The molecule has 2 heterocycles. The minimum absolute atomic E-state index is 0. The Bertz CT molecular complexity index is 566. The summed E-state index contributed by atoms with van der Waals surface area (Å²) in [5.74, 6) is 0. The molecule has 4 atom stereocenters. The molecule has 2 saturated carbocycles. The first-order chi connectivity index (χ1) is 14.3. The molecule has 8 heteroatoms.